The van der Waals surface area contributed by atoms with E-state index < -0.39 is 10.0 Å². The molecule has 0 unspecified atom stereocenters. The molecule has 176 valence electrons. The zero-order chi connectivity index (χ0) is 24.6. The van der Waals surface area contributed by atoms with Crippen LogP contribution in [0.1, 0.15) is 11.1 Å². The summed E-state index contributed by atoms with van der Waals surface area (Å²) in [6, 6.07) is 25.6. The minimum Gasteiger partial charge on any atom is -0.325 e. The first-order valence-electron chi connectivity index (χ1n) is 11.0. The number of anilines is 1. The molecule has 5 rings (SSSR count). The largest absolute Gasteiger partial charge is 0.325 e. The van der Waals surface area contributed by atoms with Gasteiger partial charge in [-0.05, 0) is 60.5 Å². The van der Waals surface area contributed by atoms with Gasteiger partial charge in [0.2, 0.25) is 5.91 Å². The lowest BCUT2D eigenvalue weighted by molar-refractivity contribution is -0.113. The Morgan fingerprint density at radius 3 is 2.46 bits per heavy atom. The number of hydrogen-bond acceptors (Lipinski definition) is 5. The molecule has 8 heteroatoms. The summed E-state index contributed by atoms with van der Waals surface area (Å²) in [4.78, 5) is 17.4. The van der Waals surface area contributed by atoms with Crippen LogP contribution < -0.4 is 5.32 Å². The quantitative estimate of drug-likeness (QED) is 0.299. The standard InChI is InChI=1S/C27H23N3O3S2/c1-18-11-14-23(19(2)15-18)28-26(31)17-34-27-29-24-9-5-6-10-25(24)30(27)35(32,33)22-13-12-20-7-3-4-8-21(20)16-22/h3-16H,17H2,1-2H3,(H,28,31). The van der Waals surface area contributed by atoms with Gasteiger partial charge >= 0.3 is 0 Å². The third-order valence-corrected chi connectivity index (χ3v) is 8.49. The van der Waals surface area contributed by atoms with E-state index in [1.54, 1.807) is 36.4 Å². The van der Waals surface area contributed by atoms with Crippen molar-refractivity contribution in [2.24, 2.45) is 0 Å². The Morgan fingerprint density at radius 2 is 1.66 bits per heavy atom. The van der Waals surface area contributed by atoms with Crippen molar-refractivity contribution in [2.45, 2.75) is 23.9 Å². The lowest BCUT2D eigenvalue weighted by Gasteiger charge is -2.12. The van der Waals surface area contributed by atoms with E-state index in [4.69, 9.17) is 0 Å². The average Bonchev–Trinajstić information content (AvgIpc) is 3.23. The molecule has 35 heavy (non-hydrogen) atoms. The van der Waals surface area contributed by atoms with Crippen molar-refractivity contribution in [3.8, 4) is 0 Å². The molecule has 0 spiro atoms. The van der Waals surface area contributed by atoms with Crippen LogP contribution in [0.5, 0.6) is 0 Å². The van der Waals surface area contributed by atoms with E-state index in [9.17, 15) is 13.2 Å². The molecule has 0 aliphatic heterocycles. The minimum absolute atomic E-state index is 0.0177. The molecular formula is C27H23N3O3S2. The number of imidazole rings is 1. The predicted octanol–water partition coefficient (Wildman–Crippen LogP) is 5.77. The number of fused-ring (bicyclic) bond motifs is 2. The van der Waals surface area contributed by atoms with E-state index in [1.165, 1.54) is 3.97 Å². The van der Waals surface area contributed by atoms with Crippen LogP contribution in [-0.4, -0.2) is 29.0 Å². The van der Waals surface area contributed by atoms with Crippen LogP contribution in [0.3, 0.4) is 0 Å². The number of carbonyl (C=O) groups excluding carboxylic acids is 1. The van der Waals surface area contributed by atoms with Gasteiger partial charge in [0.05, 0.1) is 21.7 Å². The molecular weight excluding hydrogens is 478 g/mol. The van der Waals surface area contributed by atoms with Gasteiger partial charge in [-0.1, -0.05) is 71.9 Å². The molecule has 0 bridgehead atoms. The van der Waals surface area contributed by atoms with E-state index >= 15 is 0 Å². The molecule has 0 radical (unpaired) electrons. The molecule has 1 aromatic heterocycles. The Bertz CT molecular complexity index is 1690. The maximum absolute atomic E-state index is 13.8. The molecule has 1 N–H and O–H groups in total. The van der Waals surface area contributed by atoms with Crippen molar-refractivity contribution >= 4 is 55.2 Å². The molecule has 0 saturated carbocycles. The van der Waals surface area contributed by atoms with Crippen LogP contribution >= 0.6 is 11.8 Å². The third-order valence-electron chi connectivity index (χ3n) is 5.74. The number of para-hydroxylation sites is 2. The number of aryl methyl sites for hydroxylation is 2. The molecule has 0 aliphatic carbocycles. The van der Waals surface area contributed by atoms with E-state index in [0.717, 1.165) is 39.3 Å². The zero-order valence-electron chi connectivity index (χ0n) is 19.2. The lowest BCUT2D eigenvalue weighted by Crippen LogP contribution is -2.17. The second kappa shape index (κ2) is 9.20. The van der Waals surface area contributed by atoms with Gasteiger partial charge in [0, 0.05) is 5.69 Å². The van der Waals surface area contributed by atoms with Crippen LogP contribution in [0.15, 0.2) is 95.0 Å². The second-order valence-corrected chi connectivity index (χ2v) is 11.0. The monoisotopic (exact) mass is 501 g/mol. The van der Waals surface area contributed by atoms with Crippen molar-refractivity contribution < 1.29 is 13.2 Å². The number of amides is 1. The summed E-state index contributed by atoms with van der Waals surface area (Å²) in [5.74, 6) is -0.215. The number of carbonyl (C=O) groups is 1. The number of rotatable bonds is 6. The summed E-state index contributed by atoms with van der Waals surface area (Å²) in [6.45, 7) is 3.93. The smallest absolute Gasteiger partial charge is 0.270 e. The van der Waals surface area contributed by atoms with E-state index in [1.807, 2.05) is 62.4 Å². The van der Waals surface area contributed by atoms with Crippen LogP contribution in [-0.2, 0) is 14.8 Å². The first-order chi connectivity index (χ1) is 16.8. The Balaban J connectivity index is 1.49. The summed E-state index contributed by atoms with van der Waals surface area (Å²) in [6.07, 6.45) is 0. The molecule has 1 heterocycles. The van der Waals surface area contributed by atoms with E-state index in [-0.39, 0.29) is 21.7 Å². The van der Waals surface area contributed by atoms with Gasteiger partial charge in [-0.15, -0.1) is 0 Å². The van der Waals surface area contributed by atoms with Gasteiger partial charge in [0.15, 0.2) is 5.16 Å². The predicted molar refractivity (Wildman–Crippen MR) is 142 cm³/mol. The Labute approximate surface area is 208 Å². The van der Waals surface area contributed by atoms with Gasteiger partial charge in [-0.2, -0.15) is 0 Å². The summed E-state index contributed by atoms with van der Waals surface area (Å²) < 4.78 is 28.8. The molecule has 1 amide bonds. The Kier molecular flexibility index (Phi) is 6.08. The fourth-order valence-corrected chi connectivity index (χ4v) is 6.56. The van der Waals surface area contributed by atoms with Crippen molar-refractivity contribution in [2.75, 3.05) is 11.1 Å². The van der Waals surface area contributed by atoms with Crippen molar-refractivity contribution in [1.29, 1.82) is 0 Å². The van der Waals surface area contributed by atoms with Gasteiger partial charge in [0.1, 0.15) is 0 Å². The molecule has 0 atom stereocenters. The Morgan fingerprint density at radius 1 is 0.914 bits per heavy atom. The van der Waals surface area contributed by atoms with Gasteiger partial charge < -0.3 is 5.32 Å². The average molecular weight is 502 g/mol. The molecule has 5 aromatic rings. The number of aromatic nitrogens is 2. The topological polar surface area (TPSA) is 81.1 Å². The molecule has 0 saturated heterocycles. The Hall–Kier alpha value is -3.62. The second-order valence-electron chi connectivity index (χ2n) is 8.32. The normalized spacial score (nSPS) is 11.7. The highest BCUT2D eigenvalue weighted by atomic mass is 32.2. The summed E-state index contributed by atoms with van der Waals surface area (Å²) in [7, 11) is -3.96. The number of nitrogens with one attached hydrogen (secondary N) is 1. The first kappa shape index (κ1) is 23.1. The highest BCUT2D eigenvalue weighted by Gasteiger charge is 2.25. The van der Waals surface area contributed by atoms with Crippen molar-refractivity contribution in [3.05, 3.63) is 96.1 Å². The van der Waals surface area contributed by atoms with Gasteiger partial charge in [-0.25, -0.2) is 17.4 Å². The number of nitrogens with zero attached hydrogens (tertiary/aromatic N) is 2. The minimum atomic E-state index is -3.96. The lowest BCUT2D eigenvalue weighted by atomic mass is 10.1. The summed E-state index contributed by atoms with van der Waals surface area (Å²) >= 11 is 1.09. The highest BCUT2D eigenvalue weighted by Crippen LogP contribution is 2.30. The zero-order valence-corrected chi connectivity index (χ0v) is 20.9. The summed E-state index contributed by atoms with van der Waals surface area (Å²) in [5, 5.41) is 4.94. The maximum Gasteiger partial charge on any atom is 0.270 e. The van der Waals surface area contributed by atoms with E-state index in [0.29, 0.717) is 11.0 Å². The van der Waals surface area contributed by atoms with Crippen LogP contribution in [0, 0.1) is 13.8 Å². The third kappa shape index (κ3) is 4.54. The fraction of sp³-hybridized carbons (Fsp3) is 0.111. The number of hydrogen-bond donors (Lipinski definition) is 1. The number of benzene rings is 4. The van der Waals surface area contributed by atoms with E-state index in [2.05, 4.69) is 10.3 Å². The number of thioether (sulfide) groups is 1. The van der Waals surface area contributed by atoms with Crippen LogP contribution in [0.25, 0.3) is 21.8 Å². The van der Waals surface area contributed by atoms with Crippen molar-refractivity contribution in [3.63, 3.8) is 0 Å². The molecule has 0 aliphatic rings. The first-order valence-corrected chi connectivity index (χ1v) is 13.5. The highest BCUT2D eigenvalue weighted by molar-refractivity contribution is 8.00. The molecule has 0 fully saturated rings. The molecule has 4 aromatic carbocycles. The van der Waals surface area contributed by atoms with Gasteiger partial charge in [0.25, 0.3) is 10.0 Å². The fourth-order valence-electron chi connectivity index (χ4n) is 4.01. The molecule has 6 nitrogen and oxygen atoms in total. The maximum atomic E-state index is 13.8. The summed E-state index contributed by atoms with van der Waals surface area (Å²) in [5.41, 5.74) is 3.84. The SMILES string of the molecule is Cc1ccc(NC(=O)CSc2nc3ccccc3n2S(=O)(=O)c2ccc3ccccc3c2)c(C)c1. The van der Waals surface area contributed by atoms with Crippen molar-refractivity contribution in [1.82, 2.24) is 8.96 Å². The van der Waals surface area contributed by atoms with Gasteiger partial charge in [-0.3, -0.25) is 4.79 Å². The van der Waals surface area contributed by atoms with Crippen LogP contribution in [0.4, 0.5) is 5.69 Å². The van der Waals surface area contributed by atoms with Crippen LogP contribution in [0.2, 0.25) is 0 Å².